The fourth-order valence-electron chi connectivity index (χ4n) is 3.80. The molecule has 158 valence electrons. The fraction of sp³-hybridized carbons (Fsp3) is 0.391. The summed E-state index contributed by atoms with van der Waals surface area (Å²) in [7, 11) is 1.52. The highest BCUT2D eigenvalue weighted by molar-refractivity contribution is 5.80. The Balaban J connectivity index is 1.72. The molecule has 0 aliphatic carbocycles. The van der Waals surface area contributed by atoms with Crippen LogP contribution in [-0.4, -0.2) is 35.9 Å². The average molecular weight is 412 g/mol. The topological polar surface area (TPSA) is 71.8 Å². The van der Waals surface area contributed by atoms with Crippen molar-refractivity contribution in [3.63, 3.8) is 0 Å². The van der Waals surface area contributed by atoms with E-state index in [1.54, 1.807) is 30.5 Å². The third-order valence-corrected chi connectivity index (χ3v) is 5.40. The minimum atomic E-state index is -0.688. The first kappa shape index (κ1) is 21.4. The molecule has 0 saturated carbocycles. The van der Waals surface area contributed by atoms with Crippen LogP contribution in [0.4, 0.5) is 4.39 Å². The second-order valence-electron chi connectivity index (χ2n) is 7.50. The van der Waals surface area contributed by atoms with Gasteiger partial charge in [0.1, 0.15) is 17.3 Å². The normalized spacial score (nSPS) is 18.0. The van der Waals surface area contributed by atoms with Gasteiger partial charge >= 0.3 is 0 Å². The quantitative estimate of drug-likeness (QED) is 0.643. The molecule has 30 heavy (non-hydrogen) atoms. The van der Waals surface area contributed by atoms with Crippen molar-refractivity contribution in [2.24, 2.45) is 0 Å². The molecular weight excluding hydrogens is 387 g/mol. The maximum atomic E-state index is 14.4. The first-order valence-electron chi connectivity index (χ1n) is 9.82. The van der Waals surface area contributed by atoms with Crippen LogP contribution in [0.1, 0.15) is 37.0 Å². The fourth-order valence-corrected chi connectivity index (χ4v) is 3.80. The van der Waals surface area contributed by atoms with Gasteiger partial charge in [0.15, 0.2) is 0 Å². The Hall–Kier alpha value is -3.27. The Labute approximate surface area is 175 Å². The number of amides is 2. The second kappa shape index (κ2) is 9.49. The molecular formula is C23H25FN2O4. The van der Waals surface area contributed by atoms with Crippen molar-refractivity contribution in [1.29, 1.82) is 0 Å². The summed E-state index contributed by atoms with van der Waals surface area (Å²) in [6.45, 7) is 0.434. The molecule has 0 unspecified atom stereocenters. The zero-order chi connectivity index (χ0) is 21.6. The molecule has 2 amide bonds. The van der Waals surface area contributed by atoms with Gasteiger partial charge in [-0.3, -0.25) is 9.59 Å². The van der Waals surface area contributed by atoms with Crippen molar-refractivity contribution in [1.82, 2.24) is 10.2 Å². The molecule has 1 aliphatic heterocycles. The summed E-state index contributed by atoms with van der Waals surface area (Å²) in [4.78, 5) is 26.4. The molecule has 0 radical (unpaired) electrons. The zero-order valence-corrected chi connectivity index (χ0v) is 16.9. The SMILES string of the molecule is C#CCN(Cc1ccco1)C(=O)CC[C@]1(Cc2cc(OC)ccc2F)CCC(=O)N1. The Morgan fingerprint density at radius 1 is 1.43 bits per heavy atom. The van der Waals surface area contributed by atoms with Crippen LogP contribution >= 0.6 is 0 Å². The molecule has 1 aliphatic rings. The molecule has 7 heteroatoms. The van der Waals surface area contributed by atoms with Crippen molar-refractivity contribution in [3.8, 4) is 18.1 Å². The minimum Gasteiger partial charge on any atom is -0.497 e. The van der Waals surface area contributed by atoms with E-state index in [9.17, 15) is 14.0 Å². The summed E-state index contributed by atoms with van der Waals surface area (Å²) < 4.78 is 24.9. The maximum Gasteiger partial charge on any atom is 0.223 e. The summed E-state index contributed by atoms with van der Waals surface area (Å²) in [5.74, 6) is 3.07. The molecule has 1 aromatic carbocycles. The molecule has 0 bridgehead atoms. The number of nitrogens with one attached hydrogen (secondary N) is 1. The van der Waals surface area contributed by atoms with Gasteiger partial charge in [-0.1, -0.05) is 5.92 Å². The average Bonchev–Trinajstić information content (AvgIpc) is 3.37. The number of halogens is 1. The number of nitrogens with zero attached hydrogens (tertiary/aromatic N) is 1. The summed E-state index contributed by atoms with van der Waals surface area (Å²) in [6.07, 6.45) is 8.68. The Morgan fingerprint density at radius 3 is 2.90 bits per heavy atom. The van der Waals surface area contributed by atoms with Crippen molar-refractivity contribution in [2.45, 2.75) is 44.2 Å². The zero-order valence-electron chi connectivity index (χ0n) is 16.9. The van der Waals surface area contributed by atoms with Gasteiger partial charge in [0.25, 0.3) is 0 Å². The number of furan rings is 1. The molecule has 0 spiro atoms. The number of hydrogen-bond acceptors (Lipinski definition) is 4. The van der Waals surface area contributed by atoms with E-state index in [0.717, 1.165) is 0 Å². The Bertz CT molecular complexity index is 935. The van der Waals surface area contributed by atoms with E-state index in [1.165, 1.54) is 18.1 Å². The van der Waals surface area contributed by atoms with E-state index in [0.29, 0.717) is 36.3 Å². The predicted molar refractivity (Wildman–Crippen MR) is 109 cm³/mol. The monoisotopic (exact) mass is 412 g/mol. The molecule has 6 nitrogen and oxygen atoms in total. The Kier molecular flexibility index (Phi) is 6.78. The number of carbonyl (C=O) groups excluding carboxylic acids is 2. The van der Waals surface area contributed by atoms with E-state index < -0.39 is 5.54 Å². The number of carbonyl (C=O) groups is 2. The van der Waals surface area contributed by atoms with Crippen LogP contribution in [0.3, 0.4) is 0 Å². The molecule has 1 saturated heterocycles. The highest BCUT2D eigenvalue weighted by Gasteiger charge is 2.39. The van der Waals surface area contributed by atoms with E-state index in [1.807, 2.05) is 0 Å². The standard InChI is InChI=1S/C23H25FN2O4/c1-3-12-26(16-19-5-4-13-30-19)22(28)9-11-23(10-8-21(27)25-23)15-17-14-18(29-2)6-7-20(17)24/h1,4-7,13-14H,8-12,15-16H2,2H3,(H,25,27)/t23-/m0/s1. The highest BCUT2D eigenvalue weighted by Crippen LogP contribution is 2.32. The lowest BCUT2D eigenvalue weighted by Crippen LogP contribution is -2.45. The van der Waals surface area contributed by atoms with Crippen molar-refractivity contribution >= 4 is 11.8 Å². The number of rotatable bonds is 9. The van der Waals surface area contributed by atoms with Gasteiger partial charge in [-0.2, -0.15) is 0 Å². The van der Waals surface area contributed by atoms with Crippen LogP contribution < -0.4 is 10.1 Å². The van der Waals surface area contributed by atoms with Crippen LogP contribution in [0, 0.1) is 18.2 Å². The Morgan fingerprint density at radius 2 is 2.27 bits per heavy atom. The van der Waals surface area contributed by atoms with E-state index in [4.69, 9.17) is 15.6 Å². The number of terminal acetylenes is 1. The lowest BCUT2D eigenvalue weighted by atomic mass is 9.84. The van der Waals surface area contributed by atoms with Crippen LogP contribution in [0.2, 0.25) is 0 Å². The molecule has 1 N–H and O–H groups in total. The van der Waals surface area contributed by atoms with Crippen LogP contribution in [0.15, 0.2) is 41.0 Å². The number of hydrogen-bond donors (Lipinski definition) is 1. The lowest BCUT2D eigenvalue weighted by molar-refractivity contribution is -0.132. The first-order valence-corrected chi connectivity index (χ1v) is 9.82. The third kappa shape index (κ3) is 5.20. The van der Waals surface area contributed by atoms with Gasteiger partial charge in [-0.25, -0.2) is 4.39 Å². The summed E-state index contributed by atoms with van der Waals surface area (Å²) >= 11 is 0. The lowest BCUT2D eigenvalue weighted by Gasteiger charge is -2.30. The van der Waals surface area contributed by atoms with E-state index >= 15 is 0 Å². The molecule has 2 heterocycles. The summed E-state index contributed by atoms with van der Waals surface area (Å²) in [6, 6.07) is 8.06. The molecule has 2 aromatic rings. The van der Waals surface area contributed by atoms with Gasteiger partial charge in [0, 0.05) is 18.4 Å². The molecule has 3 rings (SSSR count). The largest absolute Gasteiger partial charge is 0.497 e. The van der Waals surface area contributed by atoms with Crippen LogP contribution in [0.5, 0.6) is 5.75 Å². The van der Waals surface area contributed by atoms with Gasteiger partial charge in [-0.05, 0) is 55.2 Å². The maximum absolute atomic E-state index is 14.4. The molecule has 1 fully saturated rings. The summed E-state index contributed by atoms with van der Waals surface area (Å²) in [5.41, 5.74) is -0.244. The highest BCUT2D eigenvalue weighted by atomic mass is 19.1. The number of benzene rings is 1. The van der Waals surface area contributed by atoms with Crippen molar-refractivity contribution < 1.29 is 23.1 Å². The van der Waals surface area contributed by atoms with Crippen LogP contribution in [0.25, 0.3) is 0 Å². The van der Waals surface area contributed by atoms with E-state index in [2.05, 4.69) is 11.2 Å². The second-order valence-corrected chi connectivity index (χ2v) is 7.50. The van der Waals surface area contributed by atoms with E-state index in [-0.39, 0.29) is 43.6 Å². The number of methoxy groups -OCH3 is 1. The minimum absolute atomic E-state index is 0.0955. The van der Waals surface area contributed by atoms with Gasteiger partial charge in [-0.15, -0.1) is 6.42 Å². The number of ether oxygens (including phenoxy) is 1. The van der Waals surface area contributed by atoms with Crippen molar-refractivity contribution in [2.75, 3.05) is 13.7 Å². The smallest absolute Gasteiger partial charge is 0.223 e. The van der Waals surface area contributed by atoms with Gasteiger partial charge < -0.3 is 19.4 Å². The van der Waals surface area contributed by atoms with Gasteiger partial charge in [0.2, 0.25) is 11.8 Å². The van der Waals surface area contributed by atoms with Crippen LogP contribution in [-0.2, 0) is 22.6 Å². The molecule has 1 aromatic heterocycles. The summed E-state index contributed by atoms with van der Waals surface area (Å²) in [5, 5.41) is 2.98. The third-order valence-electron chi connectivity index (χ3n) is 5.40. The predicted octanol–water partition coefficient (Wildman–Crippen LogP) is 3.06. The molecule has 1 atom stereocenters. The first-order chi connectivity index (χ1) is 14.4. The van der Waals surface area contributed by atoms with Crippen molar-refractivity contribution in [3.05, 3.63) is 53.7 Å². The van der Waals surface area contributed by atoms with Gasteiger partial charge in [0.05, 0.1) is 26.5 Å².